The van der Waals surface area contributed by atoms with Crippen LogP contribution in [-0.4, -0.2) is 12.3 Å². The molecule has 0 spiro atoms. The monoisotopic (exact) mass is 170 g/mol. The molecule has 0 radical (unpaired) electrons. The van der Waals surface area contributed by atoms with Gasteiger partial charge in [-0.05, 0) is 12.8 Å². The molecule has 0 aliphatic heterocycles. The minimum Gasteiger partial charge on any atom is -0.247 e. The Balaban J connectivity index is 3.45. The highest BCUT2D eigenvalue weighted by Gasteiger charge is 2.27. The molecular formula is C7H10F4. The van der Waals surface area contributed by atoms with Crippen LogP contribution < -0.4 is 0 Å². The fourth-order valence-electron chi connectivity index (χ4n) is 0.619. The van der Waals surface area contributed by atoms with Gasteiger partial charge in [0.25, 0.3) is 0 Å². The zero-order chi connectivity index (χ0) is 8.91. The zero-order valence-corrected chi connectivity index (χ0v) is 5.99. The van der Waals surface area contributed by atoms with Crippen LogP contribution in [0.2, 0.25) is 0 Å². The van der Waals surface area contributed by atoms with Crippen LogP contribution in [0, 0.1) is 0 Å². The van der Waals surface area contributed by atoms with E-state index in [1.54, 1.807) is 0 Å². The van der Waals surface area contributed by atoms with Crippen LogP contribution in [0.5, 0.6) is 0 Å². The zero-order valence-electron chi connectivity index (χ0n) is 5.99. The van der Waals surface area contributed by atoms with Gasteiger partial charge in [-0.25, -0.2) is 4.39 Å². The quantitative estimate of drug-likeness (QED) is 0.448. The van der Waals surface area contributed by atoms with Crippen molar-refractivity contribution in [2.75, 3.05) is 0 Å². The van der Waals surface area contributed by atoms with Gasteiger partial charge in [0.1, 0.15) is 6.17 Å². The second-order valence-corrected chi connectivity index (χ2v) is 2.28. The van der Waals surface area contributed by atoms with Gasteiger partial charge < -0.3 is 0 Å². The van der Waals surface area contributed by atoms with Gasteiger partial charge in [-0.15, -0.1) is 6.58 Å². The van der Waals surface area contributed by atoms with Crippen molar-refractivity contribution < 1.29 is 17.6 Å². The highest BCUT2D eigenvalue weighted by atomic mass is 19.4. The fraction of sp³-hybridized carbons (Fsp3) is 0.714. The van der Waals surface area contributed by atoms with Gasteiger partial charge in [0.2, 0.25) is 0 Å². The molecule has 0 heterocycles. The molecule has 0 saturated carbocycles. The summed E-state index contributed by atoms with van der Waals surface area (Å²) in [7, 11) is 0. The molecule has 0 nitrogen and oxygen atoms in total. The second-order valence-electron chi connectivity index (χ2n) is 2.28. The van der Waals surface area contributed by atoms with Gasteiger partial charge in [-0.1, -0.05) is 6.08 Å². The van der Waals surface area contributed by atoms with E-state index in [4.69, 9.17) is 0 Å². The van der Waals surface area contributed by atoms with Crippen molar-refractivity contribution in [3.8, 4) is 0 Å². The number of hydrogen-bond acceptors (Lipinski definition) is 0. The van der Waals surface area contributed by atoms with Crippen molar-refractivity contribution in [3.63, 3.8) is 0 Å². The Kier molecular flexibility index (Phi) is 4.15. The van der Waals surface area contributed by atoms with E-state index >= 15 is 0 Å². The predicted octanol–water partition coefficient (Wildman–Crippen LogP) is 3.24. The van der Waals surface area contributed by atoms with E-state index in [2.05, 4.69) is 6.58 Å². The first-order valence-corrected chi connectivity index (χ1v) is 3.27. The SMILES string of the molecule is C=CCC(F)CCC(F)(F)F. The summed E-state index contributed by atoms with van der Waals surface area (Å²) in [6.07, 6.45) is -5.89. The van der Waals surface area contributed by atoms with Crippen LogP contribution in [0.15, 0.2) is 12.7 Å². The largest absolute Gasteiger partial charge is 0.389 e. The third kappa shape index (κ3) is 7.36. The van der Waals surface area contributed by atoms with Gasteiger partial charge in [-0.3, -0.25) is 0 Å². The van der Waals surface area contributed by atoms with Gasteiger partial charge in [-0.2, -0.15) is 13.2 Å². The summed E-state index contributed by atoms with van der Waals surface area (Å²) in [5.41, 5.74) is 0. The third-order valence-electron chi connectivity index (χ3n) is 1.16. The molecule has 1 atom stereocenters. The Bertz CT molecular complexity index is 116. The second kappa shape index (κ2) is 4.36. The molecule has 0 bridgehead atoms. The lowest BCUT2D eigenvalue weighted by Crippen LogP contribution is -2.10. The predicted molar refractivity (Wildman–Crippen MR) is 35.0 cm³/mol. The molecule has 0 aromatic heterocycles. The van der Waals surface area contributed by atoms with E-state index in [0.717, 1.165) is 0 Å². The molecule has 4 heteroatoms. The summed E-state index contributed by atoms with van der Waals surface area (Å²) in [5.74, 6) is 0. The molecule has 0 fully saturated rings. The van der Waals surface area contributed by atoms with Crippen LogP contribution in [0.4, 0.5) is 17.6 Å². The lowest BCUT2D eigenvalue weighted by atomic mass is 10.1. The normalized spacial score (nSPS) is 14.5. The Morgan fingerprint density at radius 3 is 2.27 bits per heavy atom. The van der Waals surface area contributed by atoms with Crippen LogP contribution in [0.3, 0.4) is 0 Å². The molecular weight excluding hydrogens is 160 g/mol. The number of alkyl halides is 4. The fourth-order valence-corrected chi connectivity index (χ4v) is 0.619. The first-order chi connectivity index (χ1) is 4.95. The molecule has 0 aromatic rings. The van der Waals surface area contributed by atoms with E-state index in [9.17, 15) is 17.6 Å². The van der Waals surface area contributed by atoms with Crippen LogP contribution in [0.1, 0.15) is 19.3 Å². The molecule has 0 amide bonds. The van der Waals surface area contributed by atoms with Gasteiger partial charge in [0, 0.05) is 6.42 Å². The highest BCUT2D eigenvalue weighted by molar-refractivity contribution is 4.73. The lowest BCUT2D eigenvalue weighted by molar-refractivity contribution is -0.138. The van der Waals surface area contributed by atoms with E-state index in [1.807, 2.05) is 0 Å². The molecule has 66 valence electrons. The number of rotatable bonds is 4. The van der Waals surface area contributed by atoms with Gasteiger partial charge >= 0.3 is 6.18 Å². The first-order valence-electron chi connectivity index (χ1n) is 3.27. The summed E-state index contributed by atoms with van der Waals surface area (Å²) < 4.78 is 46.8. The topological polar surface area (TPSA) is 0 Å². The minimum atomic E-state index is -4.24. The van der Waals surface area contributed by atoms with Crippen molar-refractivity contribution in [2.24, 2.45) is 0 Å². The van der Waals surface area contributed by atoms with Crippen LogP contribution >= 0.6 is 0 Å². The molecule has 0 aliphatic carbocycles. The molecule has 0 saturated heterocycles. The lowest BCUT2D eigenvalue weighted by Gasteiger charge is -2.07. The van der Waals surface area contributed by atoms with Crippen molar-refractivity contribution in [1.29, 1.82) is 0 Å². The molecule has 0 N–H and O–H groups in total. The summed E-state index contributed by atoms with van der Waals surface area (Å²) in [5, 5.41) is 0. The van der Waals surface area contributed by atoms with Crippen molar-refractivity contribution >= 4 is 0 Å². The Hall–Kier alpha value is -0.540. The average molecular weight is 170 g/mol. The number of hydrogen-bond donors (Lipinski definition) is 0. The first kappa shape index (κ1) is 10.5. The molecule has 0 aliphatic rings. The summed E-state index contributed by atoms with van der Waals surface area (Å²) >= 11 is 0. The van der Waals surface area contributed by atoms with Crippen molar-refractivity contribution in [1.82, 2.24) is 0 Å². The molecule has 0 rings (SSSR count). The highest BCUT2D eigenvalue weighted by Crippen LogP contribution is 2.23. The minimum absolute atomic E-state index is 0.00389. The van der Waals surface area contributed by atoms with E-state index in [-0.39, 0.29) is 6.42 Å². The molecule has 1 unspecified atom stereocenters. The maximum atomic E-state index is 12.4. The van der Waals surface area contributed by atoms with Crippen molar-refractivity contribution in [3.05, 3.63) is 12.7 Å². The Morgan fingerprint density at radius 2 is 1.91 bits per heavy atom. The summed E-state index contributed by atoms with van der Waals surface area (Å²) in [6, 6.07) is 0. The number of allylic oxidation sites excluding steroid dienone is 1. The van der Waals surface area contributed by atoms with E-state index < -0.39 is 25.2 Å². The average Bonchev–Trinajstić information content (AvgIpc) is 1.83. The molecule has 0 aromatic carbocycles. The molecule has 11 heavy (non-hydrogen) atoms. The maximum Gasteiger partial charge on any atom is 0.389 e. The standard InChI is InChI=1S/C7H10F4/c1-2-3-6(8)4-5-7(9,10)11/h2,6H,1,3-5H2. The summed E-state index contributed by atoms with van der Waals surface area (Å²) in [4.78, 5) is 0. The van der Waals surface area contributed by atoms with Crippen LogP contribution in [-0.2, 0) is 0 Å². The third-order valence-corrected chi connectivity index (χ3v) is 1.16. The smallest absolute Gasteiger partial charge is 0.247 e. The van der Waals surface area contributed by atoms with Gasteiger partial charge in [0.15, 0.2) is 0 Å². The summed E-state index contributed by atoms with van der Waals surface area (Å²) in [6.45, 7) is 3.22. The maximum absolute atomic E-state index is 12.4. The van der Waals surface area contributed by atoms with E-state index in [1.165, 1.54) is 6.08 Å². The van der Waals surface area contributed by atoms with Crippen molar-refractivity contribution in [2.45, 2.75) is 31.6 Å². The van der Waals surface area contributed by atoms with Gasteiger partial charge in [0.05, 0.1) is 0 Å². The van der Waals surface area contributed by atoms with E-state index in [0.29, 0.717) is 0 Å². The number of halogens is 4. The van der Waals surface area contributed by atoms with Crippen LogP contribution in [0.25, 0.3) is 0 Å². The Labute approximate surface area is 62.9 Å². The Morgan fingerprint density at radius 1 is 1.36 bits per heavy atom.